The van der Waals surface area contributed by atoms with Crippen LogP contribution in [0.4, 0.5) is 0 Å². The van der Waals surface area contributed by atoms with Crippen LogP contribution in [0.5, 0.6) is 0 Å². The van der Waals surface area contributed by atoms with Crippen LogP contribution in [-0.4, -0.2) is 62.0 Å². The normalized spacial score (nSPS) is 16.0. The first-order valence-corrected chi connectivity index (χ1v) is 5.53. The SMILES string of the molecule is CC(C)OCCNCC(C)(O)CN(C)C. The molecule has 15 heavy (non-hydrogen) atoms. The fourth-order valence-electron chi connectivity index (χ4n) is 1.46. The summed E-state index contributed by atoms with van der Waals surface area (Å²) < 4.78 is 5.38. The second-order valence-corrected chi connectivity index (χ2v) is 4.83. The van der Waals surface area contributed by atoms with E-state index in [0.717, 1.165) is 6.54 Å². The Morgan fingerprint density at radius 2 is 2.00 bits per heavy atom. The van der Waals surface area contributed by atoms with Crippen molar-refractivity contribution in [2.24, 2.45) is 0 Å². The summed E-state index contributed by atoms with van der Waals surface area (Å²) in [5.74, 6) is 0. The molecule has 0 aliphatic rings. The van der Waals surface area contributed by atoms with E-state index in [4.69, 9.17) is 4.74 Å². The molecule has 0 fully saturated rings. The third kappa shape index (κ3) is 10.1. The highest BCUT2D eigenvalue weighted by molar-refractivity contribution is 4.77. The largest absolute Gasteiger partial charge is 0.388 e. The summed E-state index contributed by atoms with van der Waals surface area (Å²) in [6.45, 7) is 8.59. The van der Waals surface area contributed by atoms with Crippen LogP contribution in [0.25, 0.3) is 0 Å². The Morgan fingerprint density at radius 3 is 2.47 bits per heavy atom. The molecule has 0 bridgehead atoms. The maximum Gasteiger partial charge on any atom is 0.0869 e. The van der Waals surface area contributed by atoms with Gasteiger partial charge in [0, 0.05) is 19.6 Å². The van der Waals surface area contributed by atoms with Crippen LogP contribution in [0.15, 0.2) is 0 Å². The molecule has 4 heteroatoms. The van der Waals surface area contributed by atoms with Crippen molar-refractivity contribution in [1.82, 2.24) is 10.2 Å². The fourth-order valence-corrected chi connectivity index (χ4v) is 1.46. The highest BCUT2D eigenvalue weighted by Gasteiger charge is 2.20. The Hall–Kier alpha value is -0.160. The molecule has 0 rings (SSSR count). The minimum atomic E-state index is -0.679. The minimum absolute atomic E-state index is 0.272. The Morgan fingerprint density at radius 1 is 1.40 bits per heavy atom. The van der Waals surface area contributed by atoms with Crippen LogP contribution in [0, 0.1) is 0 Å². The quantitative estimate of drug-likeness (QED) is 0.576. The van der Waals surface area contributed by atoms with E-state index >= 15 is 0 Å². The number of hydrogen-bond donors (Lipinski definition) is 2. The van der Waals surface area contributed by atoms with E-state index in [1.165, 1.54) is 0 Å². The molecule has 4 nitrogen and oxygen atoms in total. The molecule has 0 heterocycles. The summed E-state index contributed by atoms with van der Waals surface area (Å²) in [7, 11) is 3.91. The lowest BCUT2D eigenvalue weighted by Gasteiger charge is -2.27. The van der Waals surface area contributed by atoms with E-state index in [1.54, 1.807) is 0 Å². The predicted octanol–water partition coefficient (Wildman–Crippen LogP) is 0.314. The van der Waals surface area contributed by atoms with Crippen molar-refractivity contribution in [2.75, 3.05) is 40.3 Å². The summed E-state index contributed by atoms with van der Waals surface area (Å²) in [6.07, 6.45) is 0.272. The molecule has 0 aliphatic heterocycles. The van der Waals surface area contributed by atoms with E-state index in [0.29, 0.717) is 19.7 Å². The summed E-state index contributed by atoms with van der Waals surface area (Å²) in [6, 6.07) is 0. The molecule has 0 aliphatic carbocycles. The lowest BCUT2D eigenvalue weighted by molar-refractivity contribution is 0.0292. The number of nitrogens with one attached hydrogen (secondary N) is 1. The predicted molar refractivity (Wildman–Crippen MR) is 63.1 cm³/mol. The first kappa shape index (κ1) is 14.8. The van der Waals surface area contributed by atoms with Crippen molar-refractivity contribution in [3.63, 3.8) is 0 Å². The first-order chi connectivity index (χ1) is 6.83. The van der Waals surface area contributed by atoms with Crippen LogP contribution in [0.2, 0.25) is 0 Å². The Kier molecular flexibility index (Phi) is 7.09. The van der Waals surface area contributed by atoms with E-state index in [9.17, 15) is 5.11 Å². The Labute approximate surface area is 93.6 Å². The van der Waals surface area contributed by atoms with E-state index in [-0.39, 0.29) is 6.10 Å². The molecule has 0 aromatic carbocycles. The smallest absolute Gasteiger partial charge is 0.0869 e. The van der Waals surface area contributed by atoms with Gasteiger partial charge in [0.1, 0.15) is 0 Å². The average Bonchev–Trinajstić information content (AvgIpc) is 1.99. The molecule has 1 atom stereocenters. The molecule has 2 N–H and O–H groups in total. The molecule has 0 aromatic rings. The van der Waals surface area contributed by atoms with Crippen molar-refractivity contribution in [1.29, 1.82) is 0 Å². The Balaban J connectivity index is 3.48. The monoisotopic (exact) mass is 218 g/mol. The van der Waals surface area contributed by atoms with Gasteiger partial charge in [-0.3, -0.25) is 0 Å². The second-order valence-electron chi connectivity index (χ2n) is 4.83. The van der Waals surface area contributed by atoms with E-state index in [1.807, 2.05) is 39.8 Å². The zero-order valence-electron chi connectivity index (χ0n) is 10.7. The van der Waals surface area contributed by atoms with Gasteiger partial charge in [-0.1, -0.05) is 0 Å². The van der Waals surface area contributed by atoms with Gasteiger partial charge < -0.3 is 20.1 Å². The summed E-state index contributed by atoms with van der Waals surface area (Å²) in [4.78, 5) is 1.98. The number of ether oxygens (including phenoxy) is 1. The lowest BCUT2D eigenvalue weighted by atomic mass is 10.1. The van der Waals surface area contributed by atoms with Gasteiger partial charge in [-0.05, 0) is 34.9 Å². The summed E-state index contributed by atoms with van der Waals surface area (Å²) in [5, 5.41) is 13.1. The molecule has 0 amide bonds. The molecule has 0 aromatic heterocycles. The van der Waals surface area contributed by atoms with Gasteiger partial charge >= 0.3 is 0 Å². The van der Waals surface area contributed by atoms with Crippen molar-refractivity contribution in [3.8, 4) is 0 Å². The molecular formula is C11H26N2O2. The minimum Gasteiger partial charge on any atom is -0.388 e. The van der Waals surface area contributed by atoms with Gasteiger partial charge in [0.05, 0.1) is 18.3 Å². The summed E-state index contributed by atoms with van der Waals surface area (Å²) >= 11 is 0. The molecule has 92 valence electrons. The molecule has 0 saturated heterocycles. The summed E-state index contributed by atoms with van der Waals surface area (Å²) in [5.41, 5.74) is -0.679. The van der Waals surface area contributed by atoms with Crippen molar-refractivity contribution < 1.29 is 9.84 Å². The standard InChI is InChI=1S/C11H26N2O2/c1-10(2)15-7-6-12-8-11(3,14)9-13(4)5/h10,12,14H,6-9H2,1-5H3. The number of aliphatic hydroxyl groups is 1. The highest BCUT2D eigenvalue weighted by Crippen LogP contribution is 2.02. The average molecular weight is 218 g/mol. The topological polar surface area (TPSA) is 44.7 Å². The van der Waals surface area contributed by atoms with Gasteiger partial charge in [-0.2, -0.15) is 0 Å². The molecular weight excluding hydrogens is 192 g/mol. The van der Waals surface area contributed by atoms with Gasteiger partial charge in [0.2, 0.25) is 0 Å². The molecule has 1 unspecified atom stereocenters. The third-order valence-electron chi connectivity index (χ3n) is 1.89. The highest BCUT2D eigenvalue weighted by atomic mass is 16.5. The maximum atomic E-state index is 9.95. The fraction of sp³-hybridized carbons (Fsp3) is 1.00. The number of hydrogen-bond acceptors (Lipinski definition) is 4. The van der Waals surface area contributed by atoms with Crippen LogP contribution in [0.1, 0.15) is 20.8 Å². The number of likely N-dealkylation sites (N-methyl/N-ethyl adjacent to an activating group) is 1. The van der Waals surface area contributed by atoms with Gasteiger partial charge in [-0.15, -0.1) is 0 Å². The lowest BCUT2D eigenvalue weighted by Crippen LogP contribution is -2.46. The van der Waals surface area contributed by atoms with Gasteiger partial charge in [0.25, 0.3) is 0 Å². The zero-order valence-corrected chi connectivity index (χ0v) is 10.7. The third-order valence-corrected chi connectivity index (χ3v) is 1.89. The Bertz CT molecular complexity index is 159. The van der Waals surface area contributed by atoms with Crippen molar-refractivity contribution in [2.45, 2.75) is 32.5 Å². The zero-order chi connectivity index (χ0) is 11.9. The maximum absolute atomic E-state index is 9.95. The van der Waals surface area contributed by atoms with Crippen LogP contribution >= 0.6 is 0 Å². The van der Waals surface area contributed by atoms with Crippen LogP contribution in [0.3, 0.4) is 0 Å². The second kappa shape index (κ2) is 7.17. The van der Waals surface area contributed by atoms with Crippen molar-refractivity contribution >= 4 is 0 Å². The van der Waals surface area contributed by atoms with E-state index in [2.05, 4.69) is 5.32 Å². The van der Waals surface area contributed by atoms with Gasteiger partial charge in [0.15, 0.2) is 0 Å². The number of nitrogens with zero attached hydrogens (tertiary/aromatic N) is 1. The number of rotatable bonds is 8. The molecule has 0 spiro atoms. The molecule has 0 radical (unpaired) electrons. The van der Waals surface area contributed by atoms with E-state index < -0.39 is 5.60 Å². The van der Waals surface area contributed by atoms with Crippen LogP contribution in [-0.2, 0) is 4.74 Å². The van der Waals surface area contributed by atoms with Gasteiger partial charge in [-0.25, -0.2) is 0 Å². The van der Waals surface area contributed by atoms with Crippen LogP contribution < -0.4 is 5.32 Å². The molecule has 0 saturated carbocycles. The first-order valence-electron chi connectivity index (χ1n) is 5.53. The van der Waals surface area contributed by atoms with Crippen molar-refractivity contribution in [3.05, 3.63) is 0 Å².